The maximum Gasteiger partial charge on any atom is 0.318 e. The summed E-state index contributed by atoms with van der Waals surface area (Å²) in [5.74, 6) is 0.620. The van der Waals surface area contributed by atoms with E-state index in [2.05, 4.69) is 26.9 Å². The van der Waals surface area contributed by atoms with Crippen molar-refractivity contribution in [3.63, 3.8) is 0 Å². The number of benzene rings is 3. The number of ether oxygens (including phenoxy) is 2. The number of halogens is 1. The van der Waals surface area contributed by atoms with Gasteiger partial charge in [-0.05, 0) is 59.0 Å². The summed E-state index contributed by atoms with van der Waals surface area (Å²) >= 11 is 0. The topological polar surface area (TPSA) is 94.6 Å². The normalized spacial score (nSPS) is 21.6. The molecule has 9 heteroatoms. The van der Waals surface area contributed by atoms with Gasteiger partial charge < -0.3 is 19.8 Å². The van der Waals surface area contributed by atoms with Gasteiger partial charge in [0.05, 0.1) is 30.3 Å². The van der Waals surface area contributed by atoms with Crippen molar-refractivity contribution in [2.45, 2.75) is 25.1 Å². The minimum atomic E-state index is -0.646. The molecule has 4 heterocycles. The Morgan fingerprint density at radius 1 is 1.10 bits per heavy atom. The first kappa shape index (κ1) is 23.9. The molecule has 2 saturated heterocycles. The molecule has 0 unspecified atom stereocenters. The standard InChI is InChI=1S/C30H28FN5O3/c31-20-6-7-24-25(23-4-2-1-3-19(23)16-39-28(24)13-20)11-18-5-8-27-26(12-18)33-30(34-29(32)37)36(27)21-14-22-17-38-10-9-35(22)15-21/h1-8,11-13,21-22H,9-10,14-17H2,(H3,32,33,34,37)/t21-,22-/m1/s1. The highest BCUT2D eigenvalue weighted by Crippen LogP contribution is 2.39. The van der Waals surface area contributed by atoms with Crippen LogP contribution in [0.3, 0.4) is 0 Å². The lowest BCUT2D eigenvalue weighted by Crippen LogP contribution is -2.40. The number of imidazole rings is 1. The summed E-state index contributed by atoms with van der Waals surface area (Å²) in [5, 5.41) is 2.73. The lowest BCUT2D eigenvalue weighted by atomic mass is 9.92. The number of nitrogens with zero attached hydrogens (tertiary/aromatic N) is 3. The van der Waals surface area contributed by atoms with Crippen molar-refractivity contribution in [3.8, 4) is 5.75 Å². The molecule has 39 heavy (non-hydrogen) atoms. The van der Waals surface area contributed by atoms with E-state index in [0.29, 0.717) is 24.3 Å². The van der Waals surface area contributed by atoms with Gasteiger partial charge in [-0.2, -0.15) is 0 Å². The van der Waals surface area contributed by atoms with E-state index in [4.69, 9.17) is 20.2 Å². The molecular weight excluding hydrogens is 497 g/mol. The van der Waals surface area contributed by atoms with Crippen LogP contribution in [-0.2, 0) is 11.3 Å². The van der Waals surface area contributed by atoms with Gasteiger partial charge in [-0.15, -0.1) is 0 Å². The van der Waals surface area contributed by atoms with Crippen molar-refractivity contribution in [2.24, 2.45) is 5.73 Å². The number of carbonyl (C=O) groups is 1. The number of aromatic nitrogens is 2. The molecule has 0 radical (unpaired) electrons. The quantitative estimate of drug-likeness (QED) is 0.401. The summed E-state index contributed by atoms with van der Waals surface area (Å²) in [4.78, 5) is 19.1. The Morgan fingerprint density at radius 2 is 2.00 bits per heavy atom. The van der Waals surface area contributed by atoms with Crippen LogP contribution >= 0.6 is 0 Å². The number of nitrogens with one attached hydrogen (secondary N) is 1. The number of fused-ring (bicyclic) bond motifs is 4. The first-order chi connectivity index (χ1) is 19.0. The predicted molar refractivity (Wildman–Crippen MR) is 147 cm³/mol. The lowest BCUT2D eigenvalue weighted by Gasteiger charge is -2.28. The average Bonchev–Trinajstić information content (AvgIpc) is 3.46. The molecule has 198 valence electrons. The van der Waals surface area contributed by atoms with E-state index < -0.39 is 6.03 Å². The second-order valence-electron chi connectivity index (χ2n) is 10.3. The molecule has 4 aromatic rings. The fourth-order valence-electron chi connectivity index (χ4n) is 6.14. The largest absolute Gasteiger partial charge is 0.488 e. The first-order valence-corrected chi connectivity index (χ1v) is 13.2. The second kappa shape index (κ2) is 9.52. The molecule has 0 spiro atoms. The molecule has 3 aliphatic heterocycles. The number of rotatable bonds is 3. The molecule has 1 aromatic heterocycles. The Bertz CT molecular complexity index is 1620. The van der Waals surface area contributed by atoms with Gasteiger partial charge in [0.25, 0.3) is 0 Å². The summed E-state index contributed by atoms with van der Waals surface area (Å²) in [5.41, 5.74) is 12.0. The lowest BCUT2D eigenvalue weighted by molar-refractivity contribution is 0.0128. The molecule has 0 bridgehead atoms. The van der Waals surface area contributed by atoms with Gasteiger partial charge in [-0.25, -0.2) is 14.2 Å². The van der Waals surface area contributed by atoms with E-state index in [1.165, 1.54) is 12.1 Å². The van der Waals surface area contributed by atoms with Crippen LogP contribution in [0.4, 0.5) is 15.1 Å². The number of primary amides is 1. The highest BCUT2D eigenvalue weighted by molar-refractivity contribution is 5.96. The Labute approximate surface area is 224 Å². The molecular formula is C30H28FN5O3. The van der Waals surface area contributed by atoms with E-state index >= 15 is 0 Å². The van der Waals surface area contributed by atoms with Crippen LogP contribution in [-0.4, -0.2) is 52.8 Å². The van der Waals surface area contributed by atoms with Crippen LogP contribution in [0.5, 0.6) is 5.75 Å². The Hall–Kier alpha value is -4.21. The highest BCUT2D eigenvalue weighted by Gasteiger charge is 2.36. The number of hydrogen-bond donors (Lipinski definition) is 2. The molecule has 0 aliphatic carbocycles. The van der Waals surface area contributed by atoms with Crippen LogP contribution in [0.25, 0.3) is 22.7 Å². The number of nitrogens with two attached hydrogens (primary N) is 1. The van der Waals surface area contributed by atoms with Crippen LogP contribution in [0.1, 0.15) is 34.7 Å². The van der Waals surface area contributed by atoms with E-state index in [1.807, 2.05) is 36.4 Å². The number of amides is 2. The van der Waals surface area contributed by atoms with Crippen LogP contribution < -0.4 is 15.8 Å². The molecule has 2 atom stereocenters. The molecule has 3 aliphatic rings. The summed E-state index contributed by atoms with van der Waals surface area (Å²) < 4.78 is 27.9. The van der Waals surface area contributed by atoms with Crippen LogP contribution in [0, 0.1) is 5.82 Å². The van der Waals surface area contributed by atoms with Crippen molar-refractivity contribution < 1.29 is 18.7 Å². The maximum absolute atomic E-state index is 14.1. The molecule has 2 amide bonds. The van der Waals surface area contributed by atoms with Crippen molar-refractivity contribution in [3.05, 3.63) is 88.7 Å². The van der Waals surface area contributed by atoms with Gasteiger partial charge in [0, 0.05) is 30.8 Å². The third-order valence-corrected chi connectivity index (χ3v) is 7.89. The first-order valence-electron chi connectivity index (χ1n) is 13.2. The Balaban J connectivity index is 1.33. The Kier molecular flexibility index (Phi) is 5.82. The number of anilines is 1. The zero-order chi connectivity index (χ0) is 26.5. The van der Waals surface area contributed by atoms with E-state index in [0.717, 1.165) is 71.6 Å². The second-order valence-corrected chi connectivity index (χ2v) is 10.3. The molecule has 2 fully saturated rings. The smallest absolute Gasteiger partial charge is 0.318 e. The molecule has 0 saturated carbocycles. The highest BCUT2D eigenvalue weighted by atomic mass is 19.1. The molecule has 7 rings (SSSR count). The summed E-state index contributed by atoms with van der Waals surface area (Å²) in [6, 6.07) is 18.7. The van der Waals surface area contributed by atoms with Gasteiger partial charge in [0.1, 0.15) is 18.2 Å². The van der Waals surface area contributed by atoms with E-state index in [-0.39, 0.29) is 11.9 Å². The van der Waals surface area contributed by atoms with Crippen molar-refractivity contribution in [1.82, 2.24) is 14.5 Å². The minimum Gasteiger partial charge on any atom is -0.488 e. The summed E-state index contributed by atoms with van der Waals surface area (Å²) in [6.07, 6.45) is 2.99. The number of morpholine rings is 1. The van der Waals surface area contributed by atoms with Crippen LogP contribution in [0.2, 0.25) is 0 Å². The van der Waals surface area contributed by atoms with Gasteiger partial charge in [0.2, 0.25) is 5.95 Å². The van der Waals surface area contributed by atoms with E-state index in [1.54, 1.807) is 6.07 Å². The van der Waals surface area contributed by atoms with Crippen LogP contribution in [0.15, 0.2) is 60.7 Å². The zero-order valence-corrected chi connectivity index (χ0v) is 21.3. The monoisotopic (exact) mass is 525 g/mol. The van der Waals surface area contributed by atoms with E-state index in [9.17, 15) is 9.18 Å². The Morgan fingerprint density at radius 3 is 2.87 bits per heavy atom. The average molecular weight is 526 g/mol. The molecule has 3 N–H and O–H groups in total. The minimum absolute atomic E-state index is 0.139. The SMILES string of the molecule is NC(=O)Nc1nc2cc(C=C3c4ccccc4COc4cc(F)ccc43)ccc2n1[C@@H]1C[C@@H]2COCCN2C1. The summed E-state index contributed by atoms with van der Waals surface area (Å²) in [7, 11) is 0. The van der Waals surface area contributed by atoms with Gasteiger partial charge in [-0.1, -0.05) is 30.3 Å². The number of carbonyl (C=O) groups excluding carboxylic acids is 1. The predicted octanol–water partition coefficient (Wildman–Crippen LogP) is 4.79. The van der Waals surface area contributed by atoms with Gasteiger partial charge >= 0.3 is 6.03 Å². The van der Waals surface area contributed by atoms with Crippen molar-refractivity contribution in [2.75, 3.05) is 31.6 Å². The fraction of sp³-hybridized carbons (Fsp3) is 0.267. The molecule has 8 nitrogen and oxygen atoms in total. The maximum atomic E-state index is 14.1. The third-order valence-electron chi connectivity index (χ3n) is 7.89. The van der Waals surface area contributed by atoms with Gasteiger partial charge in [-0.3, -0.25) is 10.2 Å². The number of urea groups is 1. The number of hydrogen-bond acceptors (Lipinski definition) is 5. The van der Waals surface area contributed by atoms with Crippen molar-refractivity contribution in [1.29, 1.82) is 0 Å². The molecule has 3 aromatic carbocycles. The summed E-state index contributed by atoms with van der Waals surface area (Å²) in [6.45, 7) is 3.59. The fourth-order valence-corrected chi connectivity index (χ4v) is 6.14. The van der Waals surface area contributed by atoms with Crippen molar-refractivity contribution >= 4 is 34.7 Å². The van der Waals surface area contributed by atoms with Gasteiger partial charge in [0.15, 0.2) is 0 Å². The zero-order valence-electron chi connectivity index (χ0n) is 21.3. The third kappa shape index (κ3) is 4.33.